The van der Waals surface area contributed by atoms with Crippen LogP contribution in [0.4, 0.5) is 4.79 Å². The number of carbonyl (C=O) groups is 2. The van der Waals surface area contributed by atoms with E-state index in [1.165, 1.54) is 0 Å². The normalized spacial score (nSPS) is 12.6. The number of carboxylic acid groups (broad SMARTS) is 1. The van der Waals surface area contributed by atoms with E-state index in [2.05, 4.69) is 12.6 Å². The first kappa shape index (κ1) is 9.80. The van der Waals surface area contributed by atoms with E-state index in [9.17, 15) is 9.59 Å². The summed E-state index contributed by atoms with van der Waals surface area (Å²) >= 11 is 3.92. The van der Waals surface area contributed by atoms with Crippen molar-refractivity contribution >= 4 is 34.8 Å². The van der Waals surface area contributed by atoms with E-state index in [0.29, 0.717) is 0 Å². The Labute approximate surface area is 67.6 Å². The van der Waals surface area contributed by atoms with Crippen LogP contribution in [-0.2, 0) is 4.79 Å². The van der Waals surface area contributed by atoms with Gasteiger partial charge in [0.1, 0.15) is 0 Å². The molecule has 1 atom stereocenters. The molecule has 0 amide bonds. The third-order valence-electron chi connectivity index (χ3n) is 0.687. The quantitative estimate of drug-likeness (QED) is 0.529. The lowest BCUT2D eigenvalue weighted by molar-refractivity contribution is -0.111. The van der Waals surface area contributed by atoms with E-state index in [1.807, 2.05) is 0 Å². The summed E-state index contributed by atoms with van der Waals surface area (Å²) in [7, 11) is 0. The lowest BCUT2D eigenvalue weighted by atomic mass is 10.4. The molecule has 0 unspecified atom stereocenters. The highest BCUT2D eigenvalue weighted by Gasteiger charge is 2.15. The van der Waals surface area contributed by atoms with E-state index in [0.717, 1.165) is 0 Å². The zero-order valence-corrected chi connectivity index (χ0v) is 6.69. The van der Waals surface area contributed by atoms with Crippen molar-refractivity contribution in [3.05, 3.63) is 0 Å². The predicted octanol–water partition coefficient (Wildman–Crippen LogP) is 0.181. The fourth-order valence-electron chi connectivity index (χ4n) is 0.236. The highest BCUT2D eigenvalue weighted by Crippen LogP contribution is 2.05. The number of rotatable bonds is 2. The molecule has 0 aromatic carbocycles. The molecule has 0 aliphatic carbocycles. The Balaban J connectivity index is 3.73. The fraction of sp³-hybridized carbons (Fsp3) is 0.500. The molecule has 6 heteroatoms. The van der Waals surface area contributed by atoms with Crippen LogP contribution >= 0.6 is 24.4 Å². The van der Waals surface area contributed by atoms with Crippen molar-refractivity contribution in [2.75, 3.05) is 5.75 Å². The number of thioether (sulfide) groups is 1. The molecule has 0 fully saturated rings. The average Bonchev–Trinajstić information content (AvgIpc) is 1.85. The number of thiol groups is 1. The van der Waals surface area contributed by atoms with E-state index in [1.54, 1.807) is 0 Å². The van der Waals surface area contributed by atoms with E-state index in [4.69, 9.17) is 10.8 Å². The second-order valence-electron chi connectivity index (χ2n) is 1.48. The first-order chi connectivity index (χ1) is 4.57. The lowest BCUT2D eigenvalue weighted by Crippen LogP contribution is -2.30. The molecule has 10 heavy (non-hydrogen) atoms. The minimum absolute atomic E-state index is 0.166. The Morgan fingerprint density at radius 2 is 2.20 bits per heavy atom. The summed E-state index contributed by atoms with van der Waals surface area (Å²) in [5.74, 6) is 0.166. The molecule has 0 aliphatic heterocycles. The maximum Gasteiger partial charge on any atom is 0.372 e. The van der Waals surface area contributed by atoms with Gasteiger partial charge in [0.25, 0.3) is 0 Å². The highest BCUT2D eigenvalue weighted by molar-refractivity contribution is 8.25. The minimum Gasteiger partial charge on any atom is -0.473 e. The second kappa shape index (κ2) is 4.59. The van der Waals surface area contributed by atoms with Crippen LogP contribution in [0.25, 0.3) is 0 Å². The van der Waals surface area contributed by atoms with Gasteiger partial charge < -0.3 is 10.8 Å². The van der Waals surface area contributed by atoms with Crippen LogP contribution in [0.1, 0.15) is 0 Å². The summed E-state index contributed by atoms with van der Waals surface area (Å²) in [4.78, 5) is 20.5. The Bertz CT molecular complexity index is 149. The summed E-state index contributed by atoms with van der Waals surface area (Å²) in [5, 5.41) is 6.29. The van der Waals surface area contributed by atoms with Gasteiger partial charge >= 0.3 is 5.30 Å². The van der Waals surface area contributed by atoms with Gasteiger partial charge in [-0.1, -0.05) is 0 Å². The fourth-order valence-corrected chi connectivity index (χ4v) is 0.932. The van der Waals surface area contributed by atoms with Crippen LogP contribution in [0.5, 0.6) is 0 Å². The van der Waals surface area contributed by atoms with Gasteiger partial charge in [-0.2, -0.15) is 12.6 Å². The maximum atomic E-state index is 10.6. The van der Waals surface area contributed by atoms with Gasteiger partial charge in [-0.15, -0.1) is 0 Å². The van der Waals surface area contributed by atoms with Gasteiger partial charge in [-0.05, 0) is 0 Å². The van der Waals surface area contributed by atoms with Gasteiger partial charge in [0.05, 0.1) is 6.04 Å². The monoisotopic (exact) mass is 181 g/mol. The van der Waals surface area contributed by atoms with Gasteiger partial charge in [-0.25, -0.2) is 4.79 Å². The van der Waals surface area contributed by atoms with Crippen molar-refractivity contribution < 1.29 is 14.7 Å². The molecular formula is C4H7NO3S2. The van der Waals surface area contributed by atoms with Crippen molar-refractivity contribution in [3.8, 4) is 0 Å². The van der Waals surface area contributed by atoms with Crippen LogP contribution < -0.4 is 5.73 Å². The second-order valence-corrected chi connectivity index (χ2v) is 2.80. The summed E-state index contributed by atoms with van der Waals surface area (Å²) in [6.45, 7) is 0. The van der Waals surface area contributed by atoms with Crippen LogP contribution in [-0.4, -0.2) is 27.3 Å². The molecular weight excluding hydrogens is 174 g/mol. The molecule has 4 nitrogen and oxygen atoms in total. The Kier molecular flexibility index (Phi) is 4.50. The third-order valence-corrected chi connectivity index (χ3v) is 1.76. The van der Waals surface area contributed by atoms with Gasteiger partial charge in [0.15, 0.2) is 0 Å². The largest absolute Gasteiger partial charge is 0.473 e. The standard InChI is InChI=1S/C4H7NO3S2/c5-2(1-9)3(6)10-4(7)8/h2,9H,1,5H2,(H,7,8)/t2-/m0/s1. The Morgan fingerprint density at radius 1 is 1.70 bits per heavy atom. The average molecular weight is 181 g/mol. The topological polar surface area (TPSA) is 80.4 Å². The van der Waals surface area contributed by atoms with Gasteiger partial charge in [0, 0.05) is 17.5 Å². The maximum absolute atomic E-state index is 10.6. The van der Waals surface area contributed by atoms with Gasteiger partial charge in [-0.3, -0.25) is 4.79 Å². The first-order valence-corrected chi connectivity index (χ1v) is 3.84. The minimum atomic E-state index is -1.23. The SMILES string of the molecule is N[C@@H](CS)C(=O)SC(=O)O. The van der Waals surface area contributed by atoms with Crippen molar-refractivity contribution in [1.29, 1.82) is 0 Å². The smallest absolute Gasteiger partial charge is 0.372 e. The third kappa shape index (κ3) is 3.76. The summed E-state index contributed by atoms with van der Waals surface area (Å²) < 4.78 is 0. The molecule has 0 saturated heterocycles. The molecule has 0 bridgehead atoms. The molecule has 58 valence electrons. The predicted molar refractivity (Wildman–Crippen MR) is 42.5 cm³/mol. The van der Waals surface area contributed by atoms with Crippen LogP contribution in [0, 0.1) is 0 Å². The molecule has 0 aliphatic rings. The first-order valence-electron chi connectivity index (χ1n) is 2.39. The number of hydrogen-bond acceptors (Lipinski definition) is 5. The highest BCUT2D eigenvalue weighted by atomic mass is 32.2. The van der Waals surface area contributed by atoms with Crippen LogP contribution in [0.15, 0.2) is 0 Å². The lowest BCUT2D eigenvalue weighted by Gasteiger charge is -2.01. The number of hydrogen-bond donors (Lipinski definition) is 3. The van der Waals surface area contributed by atoms with E-state index < -0.39 is 16.5 Å². The molecule has 0 aromatic rings. The molecule has 0 rings (SSSR count). The molecule has 0 spiro atoms. The molecule has 0 heterocycles. The zero-order valence-electron chi connectivity index (χ0n) is 4.98. The van der Waals surface area contributed by atoms with E-state index >= 15 is 0 Å². The van der Waals surface area contributed by atoms with Crippen LogP contribution in [0.2, 0.25) is 0 Å². The van der Waals surface area contributed by atoms with Crippen molar-refractivity contribution in [3.63, 3.8) is 0 Å². The van der Waals surface area contributed by atoms with Crippen molar-refractivity contribution in [1.82, 2.24) is 0 Å². The molecule has 3 N–H and O–H groups in total. The van der Waals surface area contributed by atoms with Crippen LogP contribution in [0.3, 0.4) is 0 Å². The van der Waals surface area contributed by atoms with Crippen molar-refractivity contribution in [2.24, 2.45) is 5.73 Å². The summed E-state index contributed by atoms with van der Waals surface area (Å²) in [6, 6.07) is -0.788. The number of nitrogens with two attached hydrogens (primary N) is 1. The molecule has 0 aromatic heterocycles. The Hall–Kier alpha value is -0.200. The number of carbonyl (C=O) groups excluding carboxylic acids is 1. The van der Waals surface area contributed by atoms with Gasteiger partial charge in [0.2, 0.25) is 5.12 Å². The van der Waals surface area contributed by atoms with Crippen molar-refractivity contribution in [2.45, 2.75) is 6.04 Å². The Morgan fingerprint density at radius 3 is 2.50 bits per heavy atom. The van der Waals surface area contributed by atoms with E-state index in [-0.39, 0.29) is 17.5 Å². The summed E-state index contributed by atoms with van der Waals surface area (Å²) in [5.41, 5.74) is 5.15. The molecule has 0 saturated carbocycles. The molecule has 0 radical (unpaired) electrons. The summed E-state index contributed by atoms with van der Waals surface area (Å²) in [6.07, 6.45) is 0. The zero-order chi connectivity index (χ0) is 8.15.